The lowest BCUT2D eigenvalue weighted by Crippen LogP contribution is -1.94. The van der Waals surface area contributed by atoms with Crippen LogP contribution in [0.15, 0.2) is 24.3 Å². The molecule has 0 aliphatic heterocycles. The van der Waals surface area contributed by atoms with E-state index in [1.54, 1.807) is 13.2 Å². The monoisotopic (exact) mass is 290 g/mol. The highest BCUT2D eigenvalue weighted by Crippen LogP contribution is 2.21. The average molecular weight is 290 g/mol. The third-order valence-corrected chi connectivity index (χ3v) is 3.56. The summed E-state index contributed by atoms with van der Waals surface area (Å²) in [6, 6.07) is 5.80. The molecule has 0 aliphatic carbocycles. The van der Waals surface area contributed by atoms with Crippen molar-refractivity contribution >= 4 is 12.0 Å². The van der Waals surface area contributed by atoms with E-state index in [9.17, 15) is 4.79 Å². The summed E-state index contributed by atoms with van der Waals surface area (Å²) in [7, 11) is 1.65. The second kappa shape index (κ2) is 10.0. The lowest BCUT2D eigenvalue weighted by atomic mass is 9.99. The molecule has 0 saturated carbocycles. The third kappa shape index (κ3) is 6.98. The van der Waals surface area contributed by atoms with Gasteiger partial charge in [-0.3, -0.25) is 0 Å². The minimum atomic E-state index is -0.920. The highest BCUT2D eigenvalue weighted by atomic mass is 16.5. The summed E-state index contributed by atoms with van der Waals surface area (Å²) in [4.78, 5) is 10.7. The number of aliphatic carboxylic acids is 1. The van der Waals surface area contributed by atoms with E-state index >= 15 is 0 Å². The van der Waals surface area contributed by atoms with Gasteiger partial charge in [-0.2, -0.15) is 0 Å². The summed E-state index contributed by atoms with van der Waals surface area (Å²) in [5.74, 6) is -0.0974. The number of carboxylic acids is 1. The summed E-state index contributed by atoms with van der Waals surface area (Å²) in [6.45, 7) is 2.22. The fourth-order valence-electron chi connectivity index (χ4n) is 2.35. The summed E-state index contributed by atoms with van der Waals surface area (Å²) < 4.78 is 5.25. The maximum atomic E-state index is 10.7. The molecule has 116 valence electrons. The molecule has 0 bridgehead atoms. The molecular formula is C18H26O3. The van der Waals surface area contributed by atoms with Crippen LogP contribution in [0.25, 0.3) is 6.08 Å². The normalized spacial score (nSPS) is 11.0. The topological polar surface area (TPSA) is 46.5 Å². The average Bonchev–Trinajstić information content (AvgIpc) is 2.49. The smallest absolute Gasteiger partial charge is 0.328 e. The lowest BCUT2D eigenvalue weighted by molar-refractivity contribution is -0.131. The van der Waals surface area contributed by atoms with Crippen LogP contribution in [0.1, 0.15) is 56.6 Å². The first-order valence-corrected chi connectivity index (χ1v) is 7.75. The SMILES string of the molecule is CCCCCCCCc1cc(OC)ccc1C=CC(=O)O. The molecule has 0 fully saturated rings. The molecule has 3 heteroatoms. The zero-order valence-electron chi connectivity index (χ0n) is 13.1. The van der Waals surface area contributed by atoms with Crippen molar-refractivity contribution in [1.82, 2.24) is 0 Å². The van der Waals surface area contributed by atoms with Crippen molar-refractivity contribution in [3.63, 3.8) is 0 Å². The Morgan fingerprint density at radius 2 is 1.90 bits per heavy atom. The molecule has 0 spiro atoms. The van der Waals surface area contributed by atoms with Gasteiger partial charge in [0.2, 0.25) is 0 Å². The van der Waals surface area contributed by atoms with Crippen LogP contribution in [0.2, 0.25) is 0 Å². The number of aryl methyl sites for hydroxylation is 1. The number of methoxy groups -OCH3 is 1. The predicted molar refractivity (Wildman–Crippen MR) is 86.7 cm³/mol. The zero-order chi connectivity index (χ0) is 15.5. The van der Waals surface area contributed by atoms with Crippen molar-refractivity contribution in [2.75, 3.05) is 7.11 Å². The van der Waals surface area contributed by atoms with Gasteiger partial charge in [0.25, 0.3) is 0 Å². The van der Waals surface area contributed by atoms with Crippen LogP contribution in [-0.2, 0) is 11.2 Å². The van der Waals surface area contributed by atoms with E-state index in [0.29, 0.717) is 0 Å². The first-order valence-electron chi connectivity index (χ1n) is 7.75. The Kier molecular flexibility index (Phi) is 8.25. The molecule has 0 aromatic heterocycles. The Morgan fingerprint density at radius 1 is 1.19 bits per heavy atom. The largest absolute Gasteiger partial charge is 0.497 e. The number of hydrogen-bond donors (Lipinski definition) is 1. The maximum Gasteiger partial charge on any atom is 0.328 e. The second-order valence-corrected chi connectivity index (χ2v) is 5.25. The Bertz CT molecular complexity index is 464. The first-order chi connectivity index (χ1) is 10.2. The molecule has 0 unspecified atom stereocenters. The molecule has 1 aromatic rings. The Hall–Kier alpha value is -1.77. The second-order valence-electron chi connectivity index (χ2n) is 5.25. The van der Waals surface area contributed by atoms with Crippen LogP contribution in [0.4, 0.5) is 0 Å². The van der Waals surface area contributed by atoms with Crippen molar-refractivity contribution < 1.29 is 14.6 Å². The van der Waals surface area contributed by atoms with Gasteiger partial charge in [-0.05, 0) is 42.2 Å². The van der Waals surface area contributed by atoms with Crippen LogP contribution in [-0.4, -0.2) is 18.2 Å². The summed E-state index contributed by atoms with van der Waals surface area (Å²) in [6.07, 6.45) is 11.3. The van der Waals surface area contributed by atoms with Crippen LogP contribution < -0.4 is 4.74 Å². The van der Waals surface area contributed by atoms with E-state index in [-0.39, 0.29) is 0 Å². The molecule has 0 radical (unpaired) electrons. The Balaban J connectivity index is 2.61. The predicted octanol–water partition coefficient (Wildman–Crippen LogP) is 4.70. The lowest BCUT2D eigenvalue weighted by Gasteiger charge is -2.09. The number of ether oxygens (including phenoxy) is 1. The van der Waals surface area contributed by atoms with Crippen LogP contribution >= 0.6 is 0 Å². The minimum absolute atomic E-state index is 0.823. The van der Waals surface area contributed by atoms with E-state index < -0.39 is 5.97 Å². The molecule has 1 N–H and O–H groups in total. The van der Waals surface area contributed by atoms with Gasteiger partial charge < -0.3 is 9.84 Å². The standard InChI is InChI=1S/C18H26O3/c1-3-4-5-6-7-8-9-16-14-17(21-2)12-10-15(16)11-13-18(19)20/h10-14H,3-9H2,1-2H3,(H,19,20). The van der Waals surface area contributed by atoms with Gasteiger partial charge >= 0.3 is 5.97 Å². The third-order valence-electron chi connectivity index (χ3n) is 3.56. The summed E-state index contributed by atoms with van der Waals surface area (Å²) >= 11 is 0. The summed E-state index contributed by atoms with van der Waals surface area (Å²) in [5, 5.41) is 8.75. The van der Waals surface area contributed by atoms with Gasteiger partial charge in [0, 0.05) is 6.08 Å². The van der Waals surface area contributed by atoms with Gasteiger partial charge in [0.15, 0.2) is 0 Å². The van der Waals surface area contributed by atoms with Crippen LogP contribution in [0, 0.1) is 0 Å². The Morgan fingerprint density at radius 3 is 2.57 bits per heavy atom. The van der Waals surface area contributed by atoms with Gasteiger partial charge in [0.05, 0.1) is 7.11 Å². The molecule has 1 rings (SSSR count). The van der Waals surface area contributed by atoms with Crippen molar-refractivity contribution in [3.8, 4) is 5.75 Å². The molecule has 0 aliphatic rings. The van der Waals surface area contributed by atoms with Crippen molar-refractivity contribution in [2.45, 2.75) is 51.9 Å². The van der Waals surface area contributed by atoms with Crippen LogP contribution in [0.3, 0.4) is 0 Å². The molecule has 0 saturated heterocycles. The molecule has 0 heterocycles. The van der Waals surface area contributed by atoms with Gasteiger partial charge in [-0.1, -0.05) is 45.1 Å². The number of carboxylic acid groups (broad SMARTS) is 1. The van der Waals surface area contributed by atoms with E-state index in [1.165, 1.54) is 38.2 Å². The molecular weight excluding hydrogens is 264 g/mol. The fourth-order valence-corrected chi connectivity index (χ4v) is 2.35. The van der Waals surface area contributed by atoms with E-state index in [0.717, 1.165) is 29.7 Å². The molecule has 21 heavy (non-hydrogen) atoms. The quantitative estimate of drug-likeness (QED) is 0.502. The van der Waals surface area contributed by atoms with Crippen LogP contribution in [0.5, 0.6) is 5.75 Å². The molecule has 0 atom stereocenters. The van der Waals surface area contributed by atoms with Gasteiger partial charge in [0.1, 0.15) is 5.75 Å². The zero-order valence-corrected chi connectivity index (χ0v) is 13.1. The molecule has 3 nitrogen and oxygen atoms in total. The van der Waals surface area contributed by atoms with Crippen molar-refractivity contribution in [1.29, 1.82) is 0 Å². The van der Waals surface area contributed by atoms with E-state index in [1.807, 2.05) is 18.2 Å². The Labute approximate surface area is 127 Å². The first kappa shape index (κ1) is 17.3. The fraction of sp³-hybridized carbons (Fsp3) is 0.500. The maximum absolute atomic E-state index is 10.7. The number of unbranched alkanes of at least 4 members (excludes halogenated alkanes) is 5. The molecule has 1 aromatic carbocycles. The van der Waals surface area contributed by atoms with E-state index in [4.69, 9.17) is 9.84 Å². The number of hydrogen-bond acceptors (Lipinski definition) is 2. The number of benzene rings is 1. The van der Waals surface area contributed by atoms with Crippen molar-refractivity contribution in [2.24, 2.45) is 0 Å². The van der Waals surface area contributed by atoms with Crippen molar-refractivity contribution in [3.05, 3.63) is 35.4 Å². The van der Waals surface area contributed by atoms with Gasteiger partial charge in [-0.25, -0.2) is 4.79 Å². The highest BCUT2D eigenvalue weighted by Gasteiger charge is 2.03. The number of carbonyl (C=O) groups is 1. The minimum Gasteiger partial charge on any atom is -0.497 e. The van der Waals surface area contributed by atoms with Gasteiger partial charge in [-0.15, -0.1) is 0 Å². The molecule has 0 amide bonds. The highest BCUT2D eigenvalue weighted by molar-refractivity contribution is 5.85. The number of rotatable bonds is 10. The summed E-state index contributed by atoms with van der Waals surface area (Å²) in [5.41, 5.74) is 2.12. The van der Waals surface area contributed by atoms with E-state index in [2.05, 4.69) is 6.92 Å².